The number of aromatic amines is 1. The van der Waals surface area contributed by atoms with Gasteiger partial charge in [-0.3, -0.25) is 9.78 Å². The first-order valence-electron chi connectivity index (χ1n) is 12.0. The van der Waals surface area contributed by atoms with Crippen LogP contribution in [-0.4, -0.2) is 41.1 Å². The third-order valence-electron chi connectivity index (χ3n) is 6.80. The summed E-state index contributed by atoms with van der Waals surface area (Å²) >= 11 is 0. The van der Waals surface area contributed by atoms with Crippen LogP contribution in [0.25, 0.3) is 21.8 Å². The molecule has 1 fully saturated rings. The molecule has 1 saturated heterocycles. The normalized spacial score (nSPS) is 15.3. The molecule has 0 saturated carbocycles. The van der Waals surface area contributed by atoms with Crippen LogP contribution < -0.4 is 10.3 Å². The quantitative estimate of drug-likeness (QED) is 0.405. The molecule has 0 bridgehead atoms. The third-order valence-corrected chi connectivity index (χ3v) is 6.80. The molecule has 0 unspecified atom stereocenters. The van der Waals surface area contributed by atoms with Gasteiger partial charge in [0.2, 0.25) is 5.56 Å². The van der Waals surface area contributed by atoms with Gasteiger partial charge in [0.25, 0.3) is 0 Å². The summed E-state index contributed by atoms with van der Waals surface area (Å²) in [6.45, 7) is 6.03. The summed E-state index contributed by atoms with van der Waals surface area (Å²) in [4.78, 5) is 22.0. The molecular formula is C28H31N3O2. The van der Waals surface area contributed by atoms with Crippen LogP contribution in [0.2, 0.25) is 0 Å². The monoisotopic (exact) mass is 441 g/mol. The van der Waals surface area contributed by atoms with E-state index in [0.29, 0.717) is 12.5 Å². The van der Waals surface area contributed by atoms with Gasteiger partial charge >= 0.3 is 0 Å². The van der Waals surface area contributed by atoms with Crippen molar-refractivity contribution in [3.05, 3.63) is 82.3 Å². The summed E-state index contributed by atoms with van der Waals surface area (Å²) in [7, 11) is 0. The van der Waals surface area contributed by atoms with E-state index in [-0.39, 0.29) is 5.56 Å². The van der Waals surface area contributed by atoms with Crippen molar-refractivity contribution in [2.75, 3.05) is 26.2 Å². The Balaban J connectivity index is 1.08. The Bertz CT molecular complexity index is 1310. The number of fused-ring (bicyclic) bond motifs is 2. The van der Waals surface area contributed by atoms with Crippen molar-refractivity contribution in [3.8, 4) is 5.75 Å². The first kappa shape index (κ1) is 21.7. The van der Waals surface area contributed by atoms with Crippen LogP contribution in [0, 0.1) is 12.8 Å². The smallest absolute Gasteiger partial charge is 0.248 e. The fraction of sp³-hybridized carbons (Fsp3) is 0.357. The molecule has 5 rings (SSSR count). The van der Waals surface area contributed by atoms with Crippen LogP contribution in [-0.2, 0) is 6.42 Å². The summed E-state index contributed by atoms with van der Waals surface area (Å²) < 4.78 is 6.08. The molecule has 5 heteroatoms. The van der Waals surface area contributed by atoms with Crippen LogP contribution in [0.4, 0.5) is 0 Å². The van der Waals surface area contributed by atoms with Gasteiger partial charge in [-0.2, -0.15) is 0 Å². The number of ether oxygens (including phenoxy) is 1. The fourth-order valence-electron chi connectivity index (χ4n) is 4.89. The largest absolute Gasteiger partial charge is 0.493 e. The van der Waals surface area contributed by atoms with E-state index in [1.54, 1.807) is 6.07 Å². The van der Waals surface area contributed by atoms with Crippen LogP contribution in [0.3, 0.4) is 0 Å². The number of H-pyrrole nitrogens is 1. The molecule has 3 heterocycles. The molecule has 1 aliphatic heterocycles. The Hall–Kier alpha value is -3.18. The van der Waals surface area contributed by atoms with E-state index in [9.17, 15) is 4.79 Å². The highest BCUT2D eigenvalue weighted by Gasteiger charge is 2.19. The number of para-hydroxylation sites is 1. The Morgan fingerprint density at radius 2 is 1.88 bits per heavy atom. The maximum absolute atomic E-state index is 11.7. The van der Waals surface area contributed by atoms with E-state index < -0.39 is 0 Å². The molecule has 0 spiro atoms. The lowest BCUT2D eigenvalue weighted by Gasteiger charge is -2.31. The number of likely N-dealkylation sites (tertiary alicyclic amines) is 1. The van der Waals surface area contributed by atoms with Gasteiger partial charge < -0.3 is 14.6 Å². The lowest BCUT2D eigenvalue weighted by Crippen LogP contribution is -2.35. The average Bonchev–Trinajstić information content (AvgIpc) is 2.84. The van der Waals surface area contributed by atoms with Crippen molar-refractivity contribution in [2.45, 2.75) is 32.6 Å². The number of aromatic nitrogens is 2. The van der Waals surface area contributed by atoms with Gasteiger partial charge in [0.15, 0.2) is 0 Å². The molecule has 0 atom stereocenters. The number of rotatable bonds is 7. The maximum atomic E-state index is 11.7. The predicted octanol–water partition coefficient (Wildman–Crippen LogP) is 5.11. The molecule has 5 nitrogen and oxygen atoms in total. The number of aryl methyl sites for hydroxylation is 1. The number of benzene rings is 2. The summed E-state index contributed by atoms with van der Waals surface area (Å²) in [5.74, 6) is 1.56. The number of piperidine rings is 1. The van der Waals surface area contributed by atoms with Gasteiger partial charge in [-0.15, -0.1) is 0 Å². The lowest BCUT2D eigenvalue weighted by molar-refractivity contribution is 0.170. The standard InChI is InChI=1S/C28H31N3O2/c1-20-7-11-26(24-10-12-27(32)30-28(20)24)33-18-4-15-31-16-13-21(14-17-31)19-23-9-8-22-5-2-3-6-25(22)29-23/h2-3,5-12,21H,4,13-19H2,1H3,(H,30,32). The van der Waals surface area contributed by atoms with Crippen molar-refractivity contribution in [3.63, 3.8) is 0 Å². The molecule has 0 radical (unpaired) electrons. The van der Waals surface area contributed by atoms with Gasteiger partial charge in [-0.25, -0.2) is 0 Å². The first-order valence-corrected chi connectivity index (χ1v) is 12.0. The third kappa shape index (κ3) is 5.09. The molecule has 0 aliphatic carbocycles. The highest BCUT2D eigenvalue weighted by Crippen LogP contribution is 2.26. The molecule has 4 aromatic rings. The van der Waals surface area contributed by atoms with E-state index in [4.69, 9.17) is 9.72 Å². The average molecular weight is 442 g/mol. The number of nitrogens with zero attached hydrogens (tertiary/aromatic N) is 2. The molecule has 33 heavy (non-hydrogen) atoms. The van der Waals surface area contributed by atoms with Gasteiger partial charge in [0.1, 0.15) is 5.75 Å². The minimum atomic E-state index is -0.0810. The lowest BCUT2D eigenvalue weighted by atomic mass is 9.91. The molecule has 1 N–H and O–H groups in total. The summed E-state index contributed by atoms with van der Waals surface area (Å²) in [5, 5.41) is 2.18. The second-order valence-corrected chi connectivity index (χ2v) is 9.18. The zero-order valence-electron chi connectivity index (χ0n) is 19.2. The fourth-order valence-corrected chi connectivity index (χ4v) is 4.89. The van der Waals surface area contributed by atoms with E-state index in [1.165, 1.54) is 23.9 Å². The maximum Gasteiger partial charge on any atom is 0.248 e. The molecule has 2 aromatic carbocycles. The highest BCUT2D eigenvalue weighted by atomic mass is 16.5. The minimum absolute atomic E-state index is 0.0810. The van der Waals surface area contributed by atoms with Gasteiger partial charge in [0.05, 0.1) is 17.6 Å². The van der Waals surface area contributed by atoms with Crippen LogP contribution in [0.5, 0.6) is 5.75 Å². The van der Waals surface area contributed by atoms with Crippen LogP contribution in [0.15, 0.2) is 65.5 Å². The molecular weight excluding hydrogens is 410 g/mol. The van der Waals surface area contributed by atoms with Crippen LogP contribution >= 0.6 is 0 Å². The second kappa shape index (κ2) is 9.75. The summed E-state index contributed by atoms with van der Waals surface area (Å²) in [6.07, 6.45) is 4.52. The predicted molar refractivity (Wildman–Crippen MR) is 134 cm³/mol. The Labute approximate surface area is 194 Å². The summed E-state index contributed by atoms with van der Waals surface area (Å²) in [5.41, 5.74) is 4.15. The minimum Gasteiger partial charge on any atom is -0.493 e. The van der Waals surface area contributed by atoms with Crippen molar-refractivity contribution in [1.29, 1.82) is 0 Å². The number of hydrogen-bond acceptors (Lipinski definition) is 4. The topological polar surface area (TPSA) is 58.2 Å². The van der Waals surface area contributed by atoms with E-state index in [2.05, 4.69) is 46.3 Å². The van der Waals surface area contributed by atoms with Crippen molar-refractivity contribution in [1.82, 2.24) is 14.9 Å². The number of nitrogens with one attached hydrogen (secondary N) is 1. The Morgan fingerprint density at radius 3 is 2.76 bits per heavy atom. The van der Waals surface area contributed by atoms with Crippen molar-refractivity contribution >= 4 is 21.8 Å². The zero-order valence-corrected chi connectivity index (χ0v) is 19.2. The Morgan fingerprint density at radius 1 is 1.03 bits per heavy atom. The molecule has 2 aromatic heterocycles. The van der Waals surface area contributed by atoms with Crippen molar-refractivity contribution in [2.24, 2.45) is 5.92 Å². The van der Waals surface area contributed by atoms with E-state index in [1.807, 2.05) is 25.1 Å². The van der Waals surface area contributed by atoms with Gasteiger partial charge in [0, 0.05) is 29.1 Å². The number of hydrogen-bond donors (Lipinski definition) is 1. The summed E-state index contributed by atoms with van der Waals surface area (Å²) in [6, 6.07) is 20.2. The van der Waals surface area contributed by atoms with Gasteiger partial charge in [-0.1, -0.05) is 30.3 Å². The second-order valence-electron chi connectivity index (χ2n) is 9.18. The van der Waals surface area contributed by atoms with Crippen molar-refractivity contribution < 1.29 is 4.74 Å². The van der Waals surface area contributed by atoms with E-state index in [0.717, 1.165) is 60.2 Å². The van der Waals surface area contributed by atoms with Crippen LogP contribution in [0.1, 0.15) is 30.5 Å². The van der Waals surface area contributed by atoms with E-state index >= 15 is 0 Å². The SMILES string of the molecule is Cc1ccc(OCCCN2CCC(Cc3ccc4ccccc4n3)CC2)c2ccc(=O)[nH]c12. The zero-order chi connectivity index (χ0) is 22.6. The highest BCUT2D eigenvalue weighted by molar-refractivity contribution is 5.87. The van der Waals surface area contributed by atoms with Gasteiger partial charge in [-0.05, 0) is 81.4 Å². The molecule has 0 amide bonds. The Kier molecular flexibility index (Phi) is 6.40. The number of pyridine rings is 2. The first-order chi connectivity index (χ1) is 16.2. The molecule has 1 aliphatic rings. The molecule has 170 valence electrons.